The first-order valence-electron chi connectivity index (χ1n) is 5.68. The maximum absolute atomic E-state index is 12.0. The summed E-state index contributed by atoms with van der Waals surface area (Å²) >= 11 is 0. The molecule has 1 saturated carbocycles. The Balaban J connectivity index is 2.55. The second kappa shape index (κ2) is 5.35. The molecule has 0 saturated heterocycles. The molecule has 1 aliphatic carbocycles. The number of rotatable bonds is 4. The summed E-state index contributed by atoms with van der Waals surface area (Å²) in [5.74, 6) is 0.252. The second-order valence-corrected chi connectivity index (χ2v) is 4.07. The predicted octanol–water partition coefficient (Wildman–Crippen LogP) is 1.39. The monoisotopic (exact) mass is 198 g/mol. The van der Waals surface area contributed by atoms with Crippen molar-refractivity contribution in [1.82, 2.24) is 10.2 Å². The van der Waals surface area contributed by atoms with E-state index >= 15 is 0 Å². The van der Waals surface area contributed by atoms with Crippen molar-refractivity contribution in [3.8, 4) is 0 Å². The van der Waals surface area contributed by atoms with Gasteiger partial charge in [-0.05, 0) is 33.7 Å². The second-order valence-electron chi connectivity index (χ2n) is 4.07. The Morgan fingerprint density at radius 3 is 2.50 bits per heavy atom. The smallest absolute Gasteiger partial charge is 0.239 e. The normalized spacial score (nSPS) is 19.6. The number of hydrogen-bond donors (Lipinski definition) is 1. The van der Waals surface area contributed by atoms with E-state index in [4.69, 9.17) is 0 Å². The third-order valence-corrected chi connectivity index (χ3v) is 3.19. The summed E-state index contributed by atoms with van der Waals surface area (Å²) in [6, 6.07) is 0.457. The van der Waals surface area contributed by atoms with Gasteiger partial charge in [0.25, 0.3) is 0 Å². The van der Waals surface area contributed by atoms with Crippen molar-refractivity contribution in [3.05, 3.63) is 0 Å². The lowest BCUT2D eigenvalue weighted by Crippen LogP contribution is -2.47. The highest BCUT2D eigenvalue weighted by molar-refractivity contribution is 5.81. The molecule has 1 rings (SSSR count). The Morgan fingerprint density at radius 2 is 2.07 bits per heavy atom. The lowest BCUT2D eigenvalue weighted by Gasteiger charge is -2.30. The standard InChI is InChI=1S/C11H22N2O/c1-4-13(10-7-5-6-8-10)11(14)9(2)12-3/h9-10,12H,4-8H2,1-3H3. The topological polar surface area (TPSA) is 32.3 Å². The van der Waals surface area contributed by atoms with Gasteiger partial charge in [-0.1, -0.05) is 12.8 Å². The van der Waals surface area contributed by atoms with Crippen molar-refractivity contribution >= 4 is 5.91 Å². The summed E-state index contributed by atoms with van der Waals surface area (Å²) in [5, 5.41) is 3.01. The summed E-state index contributed by atoms with van der Waals surface area (Å²) in [7, 11) is 1.84. The molecule has 0 aromatic heterocycles. The summed E-state index contributed by atoms with van der Waals surface area (Å²) in [6.45, 7) is 4.84. The number of amides is 1. The van der Waals surface area contributed by atoms with Crippen molar-refractivity contribution in [3.63, 3.8) is 0 Å². The summed E-state index contributed by atoms with van der Waals surface area (Å²) in [5.41, 5.74) is 0. The Morgan fingerprint density at radius 1 is 1.50 bits per heavy atom. The van der Waals surface area contributed by atoms with Crippen LogP contribution in [0.2, 0.25) is 0 Å². The Bertz CT molecular complexity index is 188. The van der Waals surface area contributed by atoms with E-state index in [-0.39, 0.29) is 11.9 Å². The molecule has 1 unspecified atom stereocenters. The fourth-order valence-corrected chi connectivity index (χ4v) is 2.18. The molecule has 0 aromatic rings. The van der Waals surface area contributed by atoms with E-state index in [9.17, 15) is 4.79 Å². The maximum atomic E-state index is 12.0. The van der Waals surface area contributed by atoms with E-state index in [0.717, 1.165) is 6.54 Å². The van der Waals surface area contributed by atoms with Crippen LogP contribution in [0, 0.1) is 0 Å². The van der Waals surface area contributed by atoms with Crippen LogP contribution in [0.4, 0.5) is 0 Å². The van der Waals surface area contributed by atoms with Gasteiger partial charge in [0.15, 0.2) is 0 Å². The molecule has 3 heteroatoms. The molecule has 1 atom stereocenters. The third kappa shape index (κ3) is 2.47. The van der Waals surface area contributed by atoms with E-state index in [2.05, 4.69) is 12.2 Å². The molecule has 0 aliphatic heterocycles. The number of likely N-dealkylation sites (N-methyl/N-ethyl adjacent to an activating group) is 2. The van der Waals surface area contributed by atoms with Crippen molar-refractivity contribution < 1.29 is 4.79 Å². The molecule has 3 nitrogen and oxygen atoms in total. The minimum absolute atomic E-state index is 0.0458. The molecular weight excluding hydrogens is 176 g/mol. The first kappa shape index (κ1) is 11.5. The Kier molecular flexibility index (Phi) is 4.39. The van der Waals surface area contributed by atoms with Crippen molar-refractivity contribution in [2.24, 2.45) is 0 Å². The van der Waals surface area contributed by atoms with Crippen LogP contribution in [-0.2, 0) is 4.79 Å². The summed E-state index contributed by atoms with van der Waals surface area (Å²) in [6.07, 6.45) is 4.94. The molecular formula is C11H22N2O. The number of carbonyl (C=O) groups excluding carboxylic acids is 1. The van der Waals surface area contributed by atoms with Gasteiger partial charge in [-0.25, -0.2) is 0 Å². The molecule has 1 aliphatic rings. The number of hydrogen-bond acceptors (Lipinski definition) is 2. The van der Waals surface area contributed by atoms with Gasteiger partial charge in [-0.15, -0.1) is 0 Å². The van der Waals surface area contributed by atoms with Gasteiger partial charge < -0.3 is 10.2 Å². The minimum atomic E-state index is -0.0458. The average molecular weight is 198 g/mol. The molecule has 1 amide bonds. The zero-order valence-electron chi connectivity index (χ0n) is 9.55. The van der Waals surface area contributed by atoms with Gasteiger partial charge in [0, 0.05) is 12.6 Å². The van der Waals surface area contributed by atoms with Gasteiger partial charge in [0.05, 0.1) is 6.04 Å². The molecule has 1 fully saturated rings. The molecule has 0 radical (unpaired) electrons. The lowest BCUT2D eigenvalue weighted by molar-refractivity contribution is -0.134. The zero-order valence-corrected chi connectivity index (χ0v) is 9.55. The summed E-state index contributed by atoms with van der Waals surface area (Å²) < 4.78 is 0. The third-order valence-electron chi connectivity index (χ3n) is 3.19. The van der Waals surface area contributed by atoms with Gasteiger partial charge in [-0.3, -0.25) is 4.79 Å². The van der Waals surface area contributed by atoms with E-state index in [1.165, 1.54) is 25.7 Å². The van der Waals surface area contributed by atoms with Crippen LogP contribution < -0.4 is 5.32 Å². The van der Waals surface area contributed by atoms with Crippen LogP contribution >= 0.6 is 0 Å². The molecule has 14 heavy (non-hydrogen) atoms. The van der Waals surface area contributed by atoms with Crippen molar-refractivity contribution in [1.29, 1.82) is 0 Å². The van der Waals surface area contributed by atoms with E-state index in [0.29, 0.717) is 6.04 Å². The molecule has 0 bridgehead atoms. The van der Waals surface area contributed by atoms with Gasteiger partial charge in [0.1, 0.15) is 0 Å². The zero-order chi connectivity index (χ0) is 10.6. The fraction of sp³-hybridized carbons (Fsp3) is 0.909. The Hall–Kier alpha value is -0.570. The van der Waals surface area contributed by atoms with E-state index in [1.54, 1.807) is 0 Å². The van der Waals surface area contributed by atoms with E-state index in [1.807, 2.05) is 18.9 Å². The average Bonchev–Trinajstić information content (AvgIpc) is 2.71. The molecule has 1 N–H and O–H groups in total. The van der Waals surface area contributed by atoms with Crippen LogP contribution in [0.1, 0.15) is 39.5 Å². The predicted molar refractivity (Wildman–Crippen MR) is 58.2 cm³/mol. The van der Waals surface area contributed by atoms with Crippen LogP contribution in [0.25, 0.3) is 0 Å². The number of nitrogens with zero attached hydrogens (tertiary/aromatic N) is 1. The molecule has 82 valence electrons. The first-order chi connectivity index (χ1) is 6.70. The number of nitrogens with one attached hydrogen (secondary N) is 1. The first-order valence-corrected chi connectivity index (χ1v) is 5.68. The SMILES string of the molecule is CCN(C(=O)C(C)NC)C1CCCC1. The van der Waals surface area contributed by atoms with Crippen molar-refractivity contribution in [2.75, 3.05) is 13.6 Å². The largest absolute Gasteiger partial charge is 0.339 e. The minimum Gasteiger partial charge on any atom is -0.339 e. The van der Waals surface area contributed by atoms with Crippen LogP contribution in [0.5, 0.6) is 0 Å². The fourth-order valence-electron chi connectivity index (χ4n) is 2.18. The maximum Gasteiger partial charge on any atom is 0.239 e. The van der Waals surface area contributed by atoms with E-state index < -0.39 is 0 Å². The highest BCUT2D eigenvalue weighted by Crippen LogP contribution is 2.23. The molecule has 0 heterocycles. The van der Waals surface area contributed by atoms with Crippen molar-refractivity contribution in [2.45, 2.75) is 51.6 Å². The Labute approximate surface area is 86.9 Å². The van der Waals surface area contributed by atoms with Gasteiger partial charge >= 0.3 is 0 Å². The summed E-state index contributed by atoms with van der Waals surface area (Å²) in [4.78, 5) is 14.0. The quantitative estimate of drug-likeness (QED) is 0.740. The lowest BCUT2D eigenvalue weighted by atomic mass is 10.2. The van der Waals surface area contributed by atoms with Crippen LogP contribution in [0.3, 0.4) is 0 Å². The van der Waals surface area contributed by atoms with Gasteiger partial charge in [-0.2, -0.15) is 0 Å². The van der Waals surface area contributed by atoms with Gasteiger partial charge in [0.2, 0.25) is 5.91 Å². The highest BCUT2D eigenvalue weighted by atomic mass is 16.2. The molecule has 0 spiro atoms. The molecule has 0 aromatic carbocycles. The number of carbonyl (C=O) groups is 1. The van der Waals surface area contributed by atoms with Crippen LogP contribution in [-0.4, -0.2) is 36.5 Å². The van der Waals surface area contributed by atoms with Crippen LogP contribution in [0.15, 0.2) is 0 Å². The highest BCUT2D eigenvalue weighted by Gasteiger charge is 2.27.